The minimum absolute atomic E-state index is 0.0596. The summed E-state index contributed by atoms with van der Waals surface area (Å²) in [5.41, 5.74) is 4.37. The zero-order valence-electron chi connectivity index (χ0n) is 21.7. The van der Waals surface area contributed by atoms with Crippen molar-refractivity contribution < 1.29 is 28.1 Å². The number of amides is 1. The molecule has 10 nitrogen and oxygen atoms in total. The maximum Gasteiger partial charge on any atom is 0.417 e. The van der Waals surface area contributed by atoms with Gasteiger partial charge in [0.05, 0.1) is 41.2 Å². The van der Waals surface area contributed by atoms with Crippen molar-refractivity contribution in [1.29, 1.82) is 0 Å². The van der Waals surface area contributed by atoms with Gasteiger partial charge < -0.3 is 18.9 Å². The lowest BCUT2D eigenvalue weighted by Crippen LogP contribution is -2.38. The number of methoxy groups -OCH3 is 1. The van der Waals surface area contributed by atoms with Crippen molar-refractivity contribution in [1.82, 2.24) is 19.9 Å². The number of aromatic nitrogens is 4. The molecule has 0 aliphatic carbocycles. The number of hydrogen-bond acceptors (Lipinski definition) is 10. The van der Waals surface area contributed by atoms with Crippen LogP contribution in [0.2, 0.25) is 5.02 Å². The zero-order valence-corrected chi connectivity index (χ0v) is 23.3. The van der Waals surface area contributed by atoms with Crippen molar-refractivity contribution in [2.75, 3.05) is 25.7 Å². The Morgan fingerprint density at radius 1 is 1.15 bits per heavy atom. The number of aryl methyl sites for hydroxylation is 2. The van der Waals surface area contributed by atoms with Crippen LogP contribution >= 0.6 is 22.9 Å². The van der Waals surface area contributed by atoms with E-state index in [1.807, 2.05) is 19.1 Å². The van der Waals surface area contributed by atoms with Gasteiger partial charge in [0.15, 0.2) is 18.1 Å². The molecule has 0 radical (unpaired) electrons. The molecule has 1 aliphatic rings. The molecule has 3 aromatic heterocycles. The molecular formula is C27H21ClFN5O5S. The molecule has 0 fully saturated rings. The maximum atomic E-state index is 13.5. The van der Waals surface area contributed by atoms with Gasteiger partial charge in [-0.1, -0.05) is 11.6 Å². The number of hydrogen-bond donors (Lipinski definition) is 0. The summed E-state index contributed by atoms with van der Waals surface area (Å²) >= 11 is 7.99. The van der Waals surface area contributed by atoms with Gasteiger partial charge in [0, 0.05) is 24.2 Å². The first kappa shape index (κ1) is 26.0. The second-order valence-electron chi connectivity index (χ2n) is 9.08. The molecule has 5 aromatic rings. The molecule has 0 saturated carbocycles. The molecular weight excluding hydrogens is 561 g/mol. The van der Waals surface area contributed by atoms with Crippen LogP contribution in [0.3, 0.4) is 0 Å². The van der Waals surface area contributed by atoms with E-state index in [2.05, 4.69) is 15.0 Å². The predicted molar refractivity (Wildman–Crippen MR) is 148 cm³/mol. The first-order valence-corrected chi connectivity index (χ1v) is 13.2. The highest BCUT2D eigenvalue weighted by Crippen LogP contribution is 2.47. The van der Waals surface area contributed by atoms with E-state index >= 15 is 0 Å². The Morgan fingerprint density at radius 2 is 1.98 bits per heavy atom. The lowest BCUT2D eigenvalue weighted by atomic mass is 10.1. The number of nitrogens with zero attached hydrogens (tertiary/aromatic N) is 5. The number of thiazole rings is 1. The molecule has 1 amide bonds. The quantitative estimate of drug-likeness (QED) is 0.233. The van der Waals surface area contributed by atoms with E-state index in [1.165, 1.54) is 35.5 Å². The van der Waals surface area contributed by atoms with E-state index < -0.39 is 18.3 Å². The highest BCUT2D eigenvalue weighted by atomic mass is 35.5. The molecule has 0 bridgehead atoms. The second-order valence-corrected chi connectivity index (χ2v) is 10.5. The van der Waals surface area contributed by atoms with Crippen molar-refractivity contribution in [3.8, 4) is 28.0 Å². The van der Waals surface area contributed by atoms with Gasteiger partial charge in [-0.3, -0.25) is 4.90 Å². The SMILES string of the molecule is COc1cnc2c(-c3nc4c(Cl)cc5c(c4s3)OC[C@@H](OC(=O)N(C)c3cnc(F)c(C)c3)O5)cc(C)cc2n1. The van der Waals surface area contributed by atoms with Gasteiger partial charge in [-0.15, -0.1) is 11.3 Å². The van der Waals surface area contributed by atoms with Crippen LogP contribution in [0.15, 0.2) is 36.7 Å². The molecule has 0 N–H and O–H groups in total. The van der Waals surface area contributed by atoms with Crippen LogP contribution < -0.4 is 19.1 Å². The van der Waals surface area contributed by atoms with Crippen LogP contribution in [-0.4, -0.2) is 53.1 Å². The molecule has 4 heterocycles. The van der Waals surface area contributed by atoms with Crippen molar-refractivity contribution in [2.45, 2.75) is 20.1 Å². The number of halogens is 2. The van der Waals surface area contributed by atoms with Gasteiger partial charge in [-0.2, -0.15) is 4.39 Å². The third kappa shape index (κ3) is 4.58. The van der Waals surface area contributed by atoms with Crippen molar-refractivity contribution in [3.05, 3.63) is 58.8 Å². The third-order valence-electron chi connectivity index (χ3n) is 6.27. The van der Waals surface area contributed by atoms with Gasteiger partial charge in [0.25, 0.3) is 6.29 Å². The highest BCUT2D eigenvalue weighted by Gasteiger charge is 2.30. The Bertz CT molecular complexity index is 1820. The Balaban J connectivity index is 1.29. The molecule has 0 spiro atoms. The van der Waals surface area contributed by atoms with Gasteiger partial charge in [0.2, 0.25) is 11.8 Å². The first-order chi connectivity index (χ1) is 19.2. The van der Waals surface area contributed by atoms with Crippen LogP contribution in [0.4, 0.5) is 14.9 Å². The van der Waals surface area contributed by atoms with Crippen molar-refractivity contribution in [2.24, 2.45) is 0 Å². The number of carbonyl (C=O) groups is 1. The van der Waals surface area contributed by atoms with Crippen LogP contribution in [0.5, 0.6) is 17.4 Å². The van der Waals surface area contributed by atoms with E-state index in [0.717, 1.165) is 11.1 Å². The molecule has 1 atom stereocenters. The number of ether oxygens (including phenoxy) is 4. The smallest absolute Gasteiger partial charge is 0.417 e. The summed E-state index contributed by atoms with van der Waals surface area (Å²) in [4.78, 5) is 31.4. The largest absolute Gasteiger partial charge is 0.480 e. The molecule has 0 saturated heterocycles. The highest BCUT2D eigenvalue weighted by molar-refractivity contribution is 7.22. The van der Waals surface area contributed by atoms with E-state index in [1.54, 1.807) is 26.3 Å². The average molecular weight is 582 g/mol. The fourth-order valence-electron chi connectivity index (χ4n) is 4.25. The van der Waals surface area contributed by atoms with Gasteiger partial charge in [0.1, 0.15) is 15.2 Å². The molecule has 0 unspecified atom stereocenters. The molecule has 13 heteroatoms. The summed E-state index contributed by atoms with van der Waals surface area (Å²) in [5, 5.41) is 1.03. The number of benzene rings is 2. The molecule has 204 valence electrons. The Kier molecular flexibility index (Phi) is 6.51. The first-order valence-electron chi connectivity index (χ1n) is 12.0. The lowest BCUT2D eigenvalue weighted by Gasteiger charge is -2.28. The fraction of sp³-hybridized carbons (Fsp3) is 0.222. The minimum atomic E-state index is -1.04. The predicted octanol–water partition coefficient (Wildman–Crippen LogP) is 6.09. The summed E-state index contributed by atoms with van der Waals surface area (Å²) in [6.45, 7) is 3.47. The number of pyridine rings is 1. The van der Waals surface area contributed by atoms with E-state index in [4.69, 9.17) is 35.5 Å². The lowest BCUT2D eigenvalue weighted by molar-refractivity contribution is -0.0717. The molecule has 6 rings (SSSR count). The van der Waals surface area contributed by atoms with Gasteiger partial charge in [-0.25, -0.2) is 24.7 Å². The van der Waals surface area contributed by atoms with Crippen molar-refractivity contribution in [3.63, 3.8) is 0 Å². The van der Waals surface area contributed by atoms with Gasteiger partial charge >= 0.3 is 6.09 Å². The average Bonchev–Trinajstić information content (AvgIpc) is 3.39. The zero-order chi connectivity index (χ0) is 28.1. The number of anilines is 1. The minimum Gasteiger partial charge on any atom is -0.480 e. The summed E-state index contributed by atoms with van der Waals surface area (Å²) in [5.74, 6) is 0.579. The summed E-state index contributed by atoms with van der Waals surface area (Å²) < 4.78 is 36.9. The van der Waals surface area contributed by atoms with Crippen LogP contribution in [0, 0.1) is 19.8 Å². The van der Waals surface area contributed by atoms with Crippen LogP contribution in [0.25, 0.3) is 31.8 Å². The second kappa shape index (κ2) is 10.0. The molecule has 40 heavy (non-hydrogen) atoms. The van der Waals surface area contributed by atoms with Gasteiger partial charge in [-0.05, 0) is 37.6 Å². The Morgan fingerprint density at radius 3 is 2.75 bits per heavy atom. The number of carbonyl (C=O) groups excluding carboxylic acids is 1. The monoisotopic (exact) mass is 581 g/mol. The Labute approximate surface area is 236 Å². The normalized spacial score (nSPS) is 14.4. The Hall–Kier alpha value is -4.29. The summed E-state index contributed by atoms with van der Waals surface area (Å²) in [7, 11) is 3.03. The third-order valence-corrected chi connectivity index (χ3v) is 7.64. The van der Waals surface area contributed by atoms with Crippen LogP contribution in [-0.2, 0) is 4.74 Å². The van der Waals surface area contributed by atoms with Crippen LogP contribution in [0.1, 0.15) is 11.1 Å². The number of rotatable bonds is 4. The van der Waals surface area contributed by atoms with E-state index in [9.17, 15) is 9.18 Å². The topological polar surface area (TPSA) is 109 Å². The fourth-order valence-corrected chi connectivity index (χ4v) is 5.65. The number of fused-ring (bicyclic) bond motifs is 4. The summed E-state index contributed by atoms with van der Waals surface area (Å²) in [6.07, 6.45) is 1.05. The van der Waals surface area contributed by atoms with E-state index in [-0.39, 0.29) is 6.61 Å². The molecule has 2 aromatic carbocycles. The molecule has 1 aliphatic heterocycles. The summed E-state index contributed by atoms with van der Waals surface area (Å²) in [6, 6.07) is 7.00. The van der Waals surface area contributed by atoms with E-state index in [0.29, 0.717) is 59.9 Å². The maximum absolute atomic E-state index is 13.5. The van der Waals surface area contributed by atoms with Crippen molar-refractivity contribution >= 4 is 56.0 Å². The standard InChI is InChI=1S/C27H21ClFN5O5S/c1-12-5-15(21-17(6-12)32-19(36-4)10-30-21)26-33-22-16(28)8-18-23(24(22)40-26)37-11-20(38-18)39-27(35)34(3)14-7-13(2)25(29)31-9-14/h5-10,20H,11H2,1-4H3/t20-/m1/s1.